The van der Waals surface area contributed by atoms with Crippen molar-refractivity contribution in [1.29, 1.82) is 0 Å². The second kappa shape index (κ2) is 3.07. The fourth-order valence-corrected chi connectivity index (χ4v) is 2.28. The molecule has 0 amide bonds. The van der Waals surface area contributed by atoms with E-state index in [1.807, 2.05) is 12.4 Å². The molecule has 0 saturated carbocycles. The number of halogens is 1. The first-order valence-electron chi connectivity index (χ1n) is 4.77. The molecule has 0 aliphatic carbocycles. The Labute approximate surface area is 95.7 Å². The maximum absolute atomic E-state index is 4.31. The van der Waals surface area contributed by atoms with Gasteiger partial charge in [0.2, 0.25) is 0 Å². The highest BCUT2D eigenvalue weighted by molar-refractivity contribution is 9.10. The second-order valence-electron chi connectivity index (χ2n) is 3.64. The van der Waals surface area contributed by atoms with E-state index in [4.69, 9.17) is 0 Å². The Morgan fingerprint density at radius 1 is 1.27 bits per heavy atom. The Hall–Kier alpha value is -1.35. The molecule has 2 aromatic heterocycles. The molecular weight excluding hydrogens is 252 g/mol. The van der Waals surface area contributed by atoms with E-state index in [9.17, 15) is 0 Å². The molecule has 0 radical (unpaired) electrons. The normalized spacial score (nSPS) is 11.3. The molecule has 3 rings (SSSR count). The van der Waals surface area contributed by atoms with Gasteiger partial charge in [-0.25, -0.2) is 4.98 Å². The summed E-state index contributed by atoms with van der Waals surface area (Å²) in [6.07, 6.45) is 3.82. The van der Waals surface area contributed by atoms with Crippen LogP contribution < -0.4 is 0 Å². The van der Waals surface area contributed by atoms with Crippen molar-refractivity contribution in [2.24, 2.45) is 0 Å². The topological polar surface area (TPSA) is 17.3 Å². The van der Waals surface area contributed by atoms with Gasteiger partial charge in [-0.15, -0.1) is 0 Å². The number of rotatable bonds is 0. The van der Waals surface area contributed by atoms with Crippen molar-refractivity contribution in [3.8, 4) is 0 Å². The van der Waals surface area contributed by atoms with Crippen molar-refractivity contribution >= 4 is 32.5 Å². The lowest BCUT2D eigenvalue weighted by Crippen LogP contribution is -1.89. The highest BCUT2D eigenvalue weighted by Gasteiger charge is 2.04. The molecule has 0 bridgehead atoms. The van der Waals surface area contributed by atoms with Crippen LogP contribution in [0, 0.1) is 6.92 Å². The van der Waals surface area contributed by atoms with Crippen LogP contribution in [0.2, 0.25) is 0 Å². The van der Waals surface area contributed by atoms with Crippen molar-refractivity contribution in [1.82, 2.24) is 9.38 Å². The van der Waals surface area contributed by atoms with Crippen LogP contribution in [0.1, 0.15) is 5.56 Å². The van der Waals surface area contributed by atoms with Gasteiger partial charge in [-0.2, -0.15) is 0 Å². The smallest absolute Gasteiger partial charge is 0.137 e. The number of fused-ring (bicyclic) bond motifs is 3. The van der Waals surface area contributed by atoms with Gasteiger partial charge in [0.25, 0.3) is 0 Å². The molecule has 0 aliphatic heterocycles. The van der Waals surface area contributed by atoms with Crippen LogP contribution in [0.3, 0.4) is 0 Å². The molecule has 0 unspecified atom stereocenters. The van der Waals surface area contributed by atoms with Crippen LogP contribution in [0.4, 0.5) is 0 Å². The molecule has 0 aliphatic rings. The molecule has 1 aromatic carbocycles. The van der Waals surface area contributed by atoms with E-state index in [1.165, 1.54) is 16.5 Å². The van der Waals surface area contributed by atoms with Gasteiger partial charge in [-0.05, 0) is 30.7 Å². The van der Waals surface area contributed by atoms with E-state index in [0.717, 1.165) is 10.1 Å². The summed E-state index contributed by atoms with van der Waals surface area (Å²) in [4.78, 5) is 4.31. The quantitative estimate of drug-likeness (QED) is 0.604. The van der Waals surface area contributed by atoms with Gasteiger partial charge >= 0.3 is 0 Å². The lowest BCUT2D eigenvalue weighted by atomic mass is 10.1. The number of aromatic nitrogens is 2. The highest BCUT2D eigenvalue weighted by atomic mass is 79.9. The third-order valence-electron chi connectivity index (χ3n) is 2.66. The Morgan fingerprint density at radius 3 is 3.00 bits per heavy atom. The van der Waals surface area contributed by atoms with Gasteiger partial charge in [0.05, 0.1) is 5.52 Å². The molecule has 0 fully saturated rings. The summed E-state index contributed by atoms with van der Waals surface area (Å²) in [5.41, 5.74) is 3.45. The number of pyridine rings is 1. The molecule has 3 aromatic rings. The van der Waals surface area contributed by atoms with E-state index in [1.54, 1.807) is 0 Å². The number of hydrogen-bond donors (Lipinski definition) is 0. The van der Waals surface area contributed by atoms with E-state index in [0.29, 0.717) is 0 Å². The monoisotopic (exact) mass is 260 g/mol. The molecule has 3 heteroatoms. The van der Waals surface area contributed by atoms with Crippen LogP contribution in [0.15, 0.2) is 41.1 Å². The van der Waals surface area contributed by atoms with Gasteiger partial charge < -0.3 is 0 Å². The molecular formula is C12H9BrN2. The Balaban J connectivity index is 2.63. The average molecular weight is 261 g/mol. The first-order valence-corrected chi connectivity index (χ1v) is 5.57. The van der Waals surface area contributed by atoms with E-state index >= 15 is 0 Å². The van der Waals surface area contributed by atoms with Crippen LogP contribution >= 0.6 is 15.9 Å². The zero-order valence-electron chi connectivity index (χ0n) is 8.24. The first kappa shape index (κ1) is 8.92. The Kier molecular flexibility index (Phi) is 1.83. The number of aryl methyl sites for hydroxylation is 1. The highest BCUT2D eigenvalue weighted by Crippen LogP contribution is 2.24. The van der Waals surface area contributed by atoms with E-state index in [-0.39, 0.29) is 0 Å². The number of imidazole rings is 1. The summed E-state index contributed by atoms with van der Waals surface area (Å²) in [7, 11) is 0. The SMILES string of the molecule is Cc1cc2nccn2c2cc(Br)ccc12. The number of nitrogens with zero attached hydrogens (tertiary/aromatic N) is 2. The fourth-order valence-electron chi connectivity index (χ4n) is 1.93. The molecule has 0 saturated heterocycles. The summed E-state index contributed by atoms with van der Waals surface area (Å²) >= 11 is 3.50. The minimum absolute atomic E-state index is 0.998. The van der Waals surface area contributed by atoms with Crippen molar-refractivity contribution in [2.45, 2.75) is 6.92 Å². The average Bonchev–Trinajstić information content (AvgIpc) is 2.65. The molecule has 0 spiro atoms. The van der Waals surface area contributed by atoms with Crippen LogP contribution in [0.5, 0.6) is 0 Å². The minimum Gasteiger partial charge on any atom is -0.300 e. The zero-order valence-corrected chi connectivity index (χ0v) is 9.82. The predicted octanol–water partition coefficient (Wildman–Crippen LogP) is 3.56. The first-order chi connectivity index (χ1) is 7.25. The second-order valence-corrected chi connectivity index (χ2v) is 4.56. The summed E-state index contributed by atoms with van der Waals surface area (Å²) in [6, 6.07) is 8.43. The number of hydrogen-bond acceptors (Lipinski definition) is 1. The third-order valence-corrected chi connectivity index (χ3v) is 3.15. The zero-order chi connectivity index (χ0) is 10.4. The molecule has 74 valence electrons. The van der Waals surface area contributed by atoms with Crippen molar-refractivity contribution in [3.05, 3.63) is 46.7 Å². The Bertz CT molecular complexity index is 655. The van der Waals surface area contributed by atoms with Gasteiger partial charge in [0.1, 0.15) is 5.65 Å². The minimum atomic E-state index is 0.998. The van der Waals surface area contributed by atoms with Gasteiger partial charge in [0, 0.05) is 22.3 Å². The van der Waals surface area contributed by atoms with Crippen molar-refractivity contribution in [2.75, 3.05) is 0 Å². The molecule has 2 nitrogen and oxygen atoms in total. The maximum Gasteiger partial charge on any atom is 0.137 e. The van der Waals surface area contributed by atoms with Gasteiger partial charge in [-0.1, -0.05) is 22.0 Å². The van der Waals surface area contributed by atoms with E-state index < -0.39 is 0 Å². The molecule has 2 heterocycles. The fraction of sp³-hybridized carbons (Fsp3) is 0.0833. The van der Waals surface area contributed by atoms with Crippen molar-refractivity contribution < 1.29 is 0 Å². The molecule has 0 N–H and O–H groups in total. The summed E-state index contributed by atoms with van der Waals surface area (Å²) < 4.78 is 3.20. The van der Waals surface area contributed by atoms with Crippen molar-refractivity contribution in [3.63, 3.8) is 0 Å². The van der Waals surface area contributed by atoms with Crippen LogP contribution in [-0.2, 0) is 0 Å². The standard InChI is InChI=1S/C12H9BrN2/c1-8-6-12-14-4-5-15(12)11-7-9(13)2-3-10(8)11/h2-7H,1H3. The summed E-state index contributed by atoms with van der Waals surface area (Å²) in [6.45, 7) is 2.12. The molecule has 0 atom stereocenters. The molecule has 15 heavy (non-hydrogen) atoms. The predicted molar refractivity (Wildman–Crippen MR) is 65.1 cm³/mol. The van der Waals surface area contributed by atoms with Crippen LogP contribution in [-0.4, -0.2) is 9.38 Å². The lowest BCUT2D eigenvalue weighted by Gasteiger charge is -2.05. The van der Waals surface area contributed by atoms with Gasteiger partial charge in [0.15, 0.2) is 0 Å². The third kappa shape index (κ3) is 1.27. The lowest BCUT2D eigenvalue weighted by molar-refractivity contribution is 1.24. The maximum atomic E-state index is 4.31. The van der Waals surface area contributed by atoms with E-state index in [2.05, 4.69) is 56.5 Å². The number of benzene rings is 1. The summed E-state index contributed by atoms with van der Waals surface area (Å²) in [5, 5.41) is 1.27. The van der Waals surface area contributed by atoms with Crippen LogP contribution in [0.25, 0.3) is 16.6 Å². The largest absolute Gasteiger partial charge is 0.300 e. The Morgan fingerprint density at radius 2 is 2.13 bits per heavy atom. The summed E-state index contributed by atoms with van der Waals surface area (Å²) in [5.74, 6) is 0. The van der Waals surface area contributed by atoms with Gasteiger partial charge in [-0.3, -0.25) is 4.40 Å².